The fraction of sp³-hybridized carbons (Fsp3) is 0.750. The Morgan fingerprint density at radius 2 is 2.00 bits per heavy atom. The highest BCUT2D eigenvalue weighted by molar-refractivity contribution is 7.10. The molecule has 2 fully saturated rings. The molecule has 19 heavy (non-hydrogen) atoms. The average Bonchev–Trinajstić information content (AvgIpc) is 3.01. The SMILES string of the molecule is CNC1CC2CCC(C1)N2C1CCCc2sccc21. The van der Waals surface area contributed by atoms with Crippen LogP contribution in [-0.2, 0) is 6.42 Å². The molecule has 3 unspecified atom stereocenters. The molecule has 0 aromatic carbocycles. The van der Waals surface area contributed by atoms with Crippen molar-refractivity contribution < 1.29 is 0 Å². The molecule has 2 saturated heterocycles. The molecule has 0 radical (unpaired) electrons. The van der Waals surface area contributed by atoms with Crippen molar-refractivity contribution in [3.05, 3.63) is 21.9 Å². The second-order valence-corrected chi connectivity index (χ2v) is 7.50. The Hall–Kier alpha value is -0.380. The number of nitrogens with zero attached hydrogens (tertiary/aromatic N) is 1. The molecule has 0 spiro atoms. The van der Waals surface area contributed by atoms with Gasteiger partial charge in [-0.1, -0.05) is 0 Å². The molecule has 3 heterocycles. The molecule has 1 N–H and O–H groups in total. The Morgan fingerprint density at radius 1 is 1.21 bits per heavy atom. The number of hydrogen-bond acceptors (Lipinski definition) is 3. The minimum Gasteiger partial charge on any atom is -0.317 e. The standard InChI is InChI=1S/C16H24N2S/c1-17-11-9-12-5-6-13(10-11)18(12)15-3-2-4-16-14(15)7-8-19-16/h7-8,11-13,15,17H,2-6,9-10H2,1H3. The van der Waals surface area contributed by atoms with E-state index in [1.807, 2.05) is 11.3 Å². The van der Waals surface area contributed by atoms with Crippen LogP contribution in [0.25, 0.3) is 0 Å². The van der Waals surface area contributed by atoms with E-state index in [4.69, 9.17) is 0 Å². The van der Waals surface area contributed by atoms with Crippen LogP contribution in [0.2, 0.25) is 0 Å². The molecule has 3 atom stereocenters. The fourth-order valence-electron chi connectivity index (χ4n) is 4.73. The number of rotatable bonds is 2. The predicted octanol–water partition coefficient (Wildman–Crippen LogP) is 3.34. The van der Waals surface area contributed by atoms with Gasteiger partial charge in [-0.3, -0.25) is 4.90 Å². The van der Waals surface area contributed by atoms with Crippen molar-refractivity contribution in [3.63, 3.8) is 0 Å². The van der Waals surface area contributed by atoms with Crippen molar-refractivity contribution in [1.29, 1.82) is 0 Å². The molecule has 104 valence electrons. The summed E-state index contributed by atoms with van der Waals surface area (Å²) in [6, 6.07) is 5.59. The lowest BCUT2D eigenvalue weighted by Gasteiger charge is -2.45. The van der Waals surface area contributed by atoms with Gasteiger partial charge in [-0.25, -0.2) is 0 Å². The van der Waals surface area contributed by atoms with Gasteiger partial charge in [0.05, 0.1) is 0 Å². The van der Waals surface area contributed by atoms with Gasteiger partial charge in [0.2, 0.25) is 0 Å². The number of hydrogen-bond donors (Lipinski definition) is 1. The van der Waals surface area contributed by atoms with Gasteiger partial charge in [-0.05, 0) is 69.0 Å². The van der Waals surface area contributed by atoms with Gasteiger partial charge in [0.25, 0.3) is 0 Å². The molecule has 0 saturated carbocycles. The number of fused-ring (bicyclic) bond motifs is 3. The Bertz CT molecular complexity index is 441. The monoisotopic (exact) mass is 276 g/mol. The molecule has 3 aliphatic rings. The highest BCUT2D eigenvalue weighted by Crippen LogP contribution is 2.46. The van der Waals surface area contributed by atoms with Crippen LogP contribution in [-0.4, -0.2) is 30.1 Å². The summed E-state index contributed by atoms with van der Waals surface area (Å²) in [4.78, 5) is 4.59. The largest absolute Gasteiger partial charge is 0.317 e. The van der Waals surface area contributed by atoms with E-state index >= 15 is 0 Å². The van der Waals surface area contributed by atoms with Gasteiger partial charge in [-0.15, -0.1) is 11.3 Å². The zero-order chi connectivity index (χ0) is 12.8. The number of nitrogens with one attached hydrogen (secondary N) is 1. The number of aryl methyl sites for hydroxylation is 1. The van der Waals surface area contributed by atoms with E-state index in [0.717, 1.165) is 24.2 Å². The Balaban J connectivity index is 1.61. The zero-order valence-electron chi connectivity index (χ0n) is 11.8. The first-order chi connectivity index (χ1) is 9.36. The van der Waals surface area contributed by atoms with Crippen LogP contribution in [0.5, 0.6) is 0 Å². The van der Waals surface area contributed by atoms with E-state index in [2.05, 4.69) is 28.7 Å². The third-order valence-electron chi connectivity index (χ3n) is 5.58. The second-order valence-electron chi connectivity index (χ2n) is 6.50. The smallest absolute Gasteiger partial charge is 0.0365 e. The van der Waals surface area contributed by atoms with Crippen molar-refractivity contribution in [2.24, 2.45) is 0 Å². The van der Waals surface area contributed by atoms with E-state index in [9.17, 15) is 0 Å². The first kappa shape index (κ1) is 12.4. The number of thiophene rings is 1. The van der Waals surface area contributed by atoms with Gasteiger partial charge in [0.1, 0.15) is 0 Å². The summed E-state index contributed by atoms with van der Waals surface area (Å²) in [5.74, 6) is 0. The summed E-state index contributed by atoms with van der Waals surface area (Å²) in [6.45, 7) is 0. The first-order valence-corrected chi connectivity index (χ1v) is 8.75. The summed E-state index contributed by atoms with van der Waals surface area (Å²) in [5.41, 5.74) is 1.68. The van der Waals surface area contributed by atoms with Crippen molar-refractivity contribution in [1.82, 2.24) is 10.2 Å². The lowest BCUT2D eigenvalue weighted by atomic mass is 9.88. The molecule has 3 heteroatoms. The van der Waals surface area contributed by atoms with Crippen LogP contribution in [0, 0.1) is 0 Å². The Morgan fingerprint density at radius 3 is 2.74 bits per heavy atom. The van der Waals surface area contributed by atoms with E-state index in [-0.39, 0.29) is 0 Å². The van der Waals surface area contributed by atoms with Gasteiger partial charge in [-0.2, -0.15) is 0 Å². The Labute approximate surface area is 120 Å². The summed E-state index contributed by atoms with van der Waals surface area (Å²) in [7, 11) is 2.14. The van der Waals surface area contributed by atoms with Crippen LogP contribution in [0.4, 0.5) is 0 Å². The highest BCUT2D eigenvalue weighted by atomic mass is 32.1. The first-order valence-electron chi connectivity index (χ1n) is 7.88. The molecule has 1 aliphatic carbocycles. The topological polar surface area (TPSA) is 15.3 Å². The normalized spacial score (nSPS) is 38.4. The van der Waals surface area contributed by atoms with Crippen LogP contribution in [0.15, 0.2) is 11.4 Å². The maximum atomic E-state index is 3.52. The second kappa shape index (κ2) is 4.87. The van der Waals surface area contributed by atoms with Crippen molar-refractivity contribution in [2.75, 3.05) is 7.05 Å². The molecule has 1 aromatic rings. The van der Waals surface area contributed by atoms with Gasteiger partial charge >= 0.3 is 0 Å². The minimum absolute atomic E-state index is 0.741. The van der Waals surface area contributed by atoms with E-state index in [1.165, 1.54) is 44.9 Å². The zero-order valence-corrected chi connectivity index (χ0v) is 12.6. The summed E-state index contributed by atoms with van der Waals surface area (Å²) < 4.78 is 0. The molecule has 4 rings (SSSR count). The maximum Gasteiger partial charge on any atom is 0.0365 e. The summed E-state index contributed by atoms with van der Waals surface area (Å²) in [6.07, 6.45) is 9.69. The Kier molecular flexibility index (Phi) is 3.17. The highest BCUT2D eigenvalue weighted by Gasteiger charge is 2.44. The fourth-order valence-corrected chi connectivity index (χ4v) is 5.71. The van der Waals surface area contributed by atoms with Gasteiger partial charge in [0, 0.05) is 29.0 Å². The molecule has 2 bridgehead atoms. The molecular weight excluding hydrogens is 252 g/mol. The minimum atomic E-state index is 0.741. The average molecular weight is 276 g/mol. The van der Waals surface area contributed by atoms with E-state index in [0.29, 0.717) is 0 Å². The van der Waals surface area contributed by atoms with Crippen LogP contribution >= 0.6 is 11.3 Å². The maximum absolute atomic E-state index is 3.52. The van der Waals surface area contributed by atoms with Crippen molar-refractivity contribution >= 4 is 11.3 Å². The van der Waals surface area contributed by atoms with E-state index < -0.39 is 0 Å². The van der Waals surface area contributed by atoms with Crippen molar-refractivity contribution in [2.45, 2.75) is 69.1 Å². The molecule has 2 nitrogen and oxygen atoms in total. The van der Waals surface area contributed by atoms with Gasteiger partial charge < -0.3 is 5.32 Å². The third kappa shape index (κ3) is 1.98. The van der Waals surface area contributed by atoms with Crippen LogP contribution in [0.3, 0.4) is 0 Å². The lowest BCUT2D eigenvalue weighted by Crippen LogP contribution is -2.50. The molecule has 0 amide bonds. The predicted molar refractivity (Wildman–Crippen MR) is 80.7 cm³/mol. The molecular formula is C16H24N2S. The number of piperidine rings is 1. The molecule has 2 aliphatic heterocycles. The van der Waals surface area contributed by atoms with E-state index in [1.54, 1.807) is 10.4 Å². The van der Waals surface area contributed by atoms with Crippen LogP contribution in [0.1, 0.15) is 55.0 Å². The quantitative estimate of drug-likeness (QED) is 0.891. The van der Waals surface area contributed by atoms with Gasteiger partial charge in [0.15, 0.2) is 0 Å². The molecule has 1 aromatic heterocycles. The summed E-state index contributed by atoms with van der Waals surface area (Å²) in [5, 5.41) is 5.83. The van der Waals surface area contributed by atoms with Crippen molar-refractivity contribution in [3.8, 4) is 0 Å². The lowest BCUT2D eigenvalue weighted by molar-refractivity contribution is 0.0626. The third-order valence-corrected chi connectivity index (χ3v) is 6.57. The van der Waals surface area contributed by atoms with Crippen LogP contribution < -0.4 is 5.32 Å². The summed E-state index contributed by atoms with van der Waals surface area (Å²) >= 11 is 1.98.